The molecule has 0 bridgehead atoms. The van der Waals surface area contributed by atoms with Crippen molar-refractivity contribution >= 4 is 11.9 Å². The van der Waals surface area contributed by atoms with Crippen LogP contribution in [-0.4, -0.2) is 35.6 Å². The summed E-state index contributed by atoms with van der Waals surface area (Å²) in [6.45, 7) is 6.47. The number of carbonyl (C=O) groups excluding carboxylic acids is 1. The number of carbonyl (C=O) groups is 2. The van der Waals surface area contributed by atoms with Crippen molar-refractivity contribution in [3.8, 4) is 0 Å². The summed E-state index contributed by atoms with van der Waals surface area (Å²) >= 11 is 0. The molecule has 1 fully saturated rings. The Hall–Kier alpha value is -1.10. The van der Waals surface area contributed by atoms with Crippen molar-refractivity contribution in [2.75, 3.05) is 6.54 Å². The molecule has 0 heterocycles. The number of nitrogens with one attached hydrogen (secondary N) is 2. The monoisotopic (exact) mass is 256 g/mol. The third-order valence-electron chi connectivity index (χ3n) is 3.12. The van der Waals surface area contributed by atoms with Gasteiger partial charge in [0.15, 0.2) is 0 Å². The predicted molar refractivity (Wildman–Crippen MR) is 69.3 cm³/mol. The second kappa shape index (κ2) is 6.18. The molecule has 0 radical (unpaired) electrons. The number of hydrogen-bond donors (Lipinski definition) is 3. The quantitative estimate of drug-likeness (QED) is 0.638. The van der Waals surface area contributed by atoms with Crippen molar-refractivity contribution < 1.29 is 14.7 Å². The summed E-state index contributed by atoms with van der Waals surface area (Å²) in [4.78, 5) is 22.5. The second-order valence-electron chi connectivity index (χ2n) is 6.06. The summed E-state index contributed by atoms with van der Waals surface area (Å²) in [7, 11) is 0. The zero-order chi connectivity index (χ0) is 13.8. The zero-order valence-corrected chi connectivity index (χ0v) is 11.5. The molecule has 1 atom stereocenters. The van der Waals surface area contributed by atoms with Gasteiger partial charge in [0.2, 0.25) is 5.91 Å². The van der Waals surface area contributed by atoms with Crippen molar-refractivity contribution in [3.05, 3.63) is 0 Å². The lowest BCUT2D eigenvalue weighted by molar-refractivity contribution is -0.138. The summed E-state index contributed by atoms with van der Waals surface area (Å²) in [5.74, 6) is -0.962. The summed E-state index contributed by atoms with van der Waals surface area (Å²) in [6.07, 6.45) is 2.77. The molecule has 1 unspecified atom stereocenters. The molecule has 1 aliphatic carbocycles. The fourth-order valence-electron chi connectivity index (χ4n) is 1.69. The van der Waals surface area contributed by atoms with Gasteiger partial charge in [-0.05, 0) is 18.3 Å². The molecule has 0 aliphatic heterocycles. The molecule has 0 spiro atoms. The summed E-state index contributed by atoms with van der Waals surface area (Å²) in [5.41, 5.74) is -0.252. The molecule has 1 rings (SSSR count). The van der Waals surface area contributed by atoms with Crippen LogP contribution in [-0.2, 0) is 9.59 Å². The van der Waals surface area contributed by atoms with Gasteiger partial charge in [-0.1, -0.05) is 20.8 Å². The number of carboxylic acids is 1. The minimum Gasteiger partial charge on any atom is -0.481 e. The highest BCUT2D eigenvalue weighted by Crippen LogP contribution is 2.22. The molecule has 3 N–H and O–H groups in total. The fraction of sp³-hybridized carbons (Fsp3) is 0.846. The lowest BCUT2D eigenvalue weighted by Gasteiger charge is -2.30. The largest absolute Gasteiger partial charge is 0.481 e. The van der Waals surface area contributed by atoms with Crippen LogP contribution in [0.5, 0.6) is 0 Å². The maximum Gasteiger partial charge on any atom is 0.305 e. The highest BCUT2D eigenvalue weighted by molar-refractivity contribution is 5.77. The van der Waals surface area contributed by atoms with Gasteiger partial charge in [-0.25, -0.2) is 0 Å². The molecule has 1 saturated carbocycles. The van der Waals surface area contributed by atoms with Gasteiger partial charge in [-0.15, -0.1) is 0 Å². The highest BCUT2D eigenvalue weighted by Gasteiger charge is 2.28. The smallest absolute Gasteiger partial charge is 0.305 e. The van der Waals surface area contributed by atoms with Gasteiger partial charge in [-0.3, -0.25) is 9.59 Å². The lowest BCUT2D eigenvalue weighted by Crippen LogP contribution is -2.45. The minimum absolute atomic E-state index is 0.0364. The van der Waals surface area contributed by atoms with Gasteiger partial charge in [0.05, 0.1) is 6.42 Å². The number of rotatable bonds is 7. The van der Waals surface area contributed by atoms with E-state index in [0.29, 0.717) is 19.0 Å². The third-order valence-corrected chi connectivity index (χ3v) is 3.12. The van der Waals surface area contributed by atoms with Gasteiger partial charge < -0.3 is 15.7 Å². The third kappa shape index (κ3) is 6.00. The number of carboxylic acid groups (broad SMARTS) is 1. The summed E-state index contributed by atoms with van der Waals surface area (Å²) < 4.78 is 0. The Kier molecular flexibility index (Phi) is 5.14. The van der Waals surface area contributed by atoms with E-state index in [1.165, 1.54) is 12.8 Å². The number of aliphatic carboxylic acids is 1. The molecule has 0 aromatic heterocycles. The molecule has 5 heteroatoms. The van der Waals surface area contributed by atoms with Crippen molar-refractivity contribution in [2.24, 2.45) is 5.41 Å². The first-order valence-corrected chi connectivity index (χ1v) is 6.53. The average molecular weight is 256 g/mol. The van der Waals surface area contributed by atoms with Crippen LogP contribution in [0.25, 0.3) is 0 Å². The van der Waals surface area contributed by atoms with E-state index in [1.807, 2.05) is 20.8 Å². The fourth-order valence-corrected chi connectivity index (χ4v) is 1.69. The Morgan fingerprint density at radius 3 is 2.39 bits per heavy atom. The van der Waals surface area contributed by atoms with E-state index in [0.717, 1.165) is 0 Å². The van der Waals surface area contributed by atoms with Crippen LogP contribution in [0.2, 0.25) is 0 Å². The molecule has 0 saturated heterocycles. The zero-order valence-electron chi connectivity index (χ0n) is 11.5. The summed E-state index contributed by atoms with van der Waals surface area (Å²) in [6, 6.07) is 0.263. The average Bonchev–Trinajstić information content (AvgIpc) is 2.98. The molecule has 5 nitrogen and oxygen atoms in total. The van der Waals surface area contributed by atoms with E-state index in [1.54, 1.807) is 0 Å². The van der Waals surface area contributed by atoms with Gasteiger partial charge in [-0.2, -0.15) is 0 Å². The van der Waals surface area contributed by atoms with Crippen LogP contribution in [0.3, 0.4) is 0 Å². The van der Waals surface area contributed by atoms with E-state index in [4.69, 9.17) is 5.11 Å². The maximum absolute atomic E-state index is 11.7. The first-order chi connectivity index (χ1) is 8.29. The lowest BCUT2D eigenvalue weighted by atomic mass is 9.84. The van der Waals surface area contributed by atoms with Crippen LogP contribution in [0.1, 0.15) is 46.5 Å². The minimum atomic E-state index is -0.883. The van der Waals surface area contributed by atoms with Crippen molar-refractivity contribution in [1.82, 2.24) is 10.6 Å². The van der Waals surface area contributed by atoms with Crippen LogP contribution in [0.4, 0.5) is 0 Å². The van der Waals surface area contributed by atoms with Crippen molar-refractivity contribution in [3.63, 3.8) is 0 Å². The molecule has 104 valence electrons. The Morgan fingerprint density at radius 2 is 1.94 bits per heavy atom. The number of amides is 1. The van der Waals surface area contributed by atoms with E-state index in [9.17, 15) is 9.59 Å². The van der Waals surface area contributed by atoms with Crippen LogP contribution in [0.15, 0.2) is 0 Å². The first kappa shape index (κ1) is 15.0. The molecule has 0 aromatic carbocycles. The Morgan fingerprint density at radius 1 is 1.33 bits per heavy atom. The molecule has 1 amide bonds. The van der Waals surface area contributed by atoms with Gasteiger partial charge in [0, 0.05) is 25.0 Å². The van der Waals surface area contributed by atoms with Gasteiger partial charge in [0.25, 0.3) is 0 Å². The molecular weight excluding hydrogens is 232 g/mol. The Bertz CT molecular complexity index is 306. The standard InChI is InChI=1S/C13H24N2O3/c1-13(2,3)10(8-12(17)18)15-11(16)6-7-14-9-4-5-9/h9-10,14H,4-8H2,1-3H3,(H,15,16)(H,17,18). The molecule has 0 aromatic rings. The normalized spacial score (nSPS) is 17.3. The Balaban J connectivity index is 2.33. The number of hydrogen-bond acceptors (Lipinski definition) is 3. The first-order valence-electron chi connectivity index (χ1n) is 6.53. The SMILES string of the molecule is CC(C)(C)C(CC(=O)O)NC(=O)CCNC1CC1. The van der Waals surface area contributed by atoms with Crippen LogP contribution in [0, 0.1) is 5.41 Å². The van der Waals surface area contributed by atoms with E-state index in [-0.39, 0.29) is 23.8 Å². The molecular formula is C13H24N2O3. The van der Waals surface area contributed by atoms with Gasteiger partial charge in [0.1, 0.15) is 0 Å². The summed E-state index contributed by atoms with van der Waals surface area (Å²) in [5, 5.41) is 14.9. The van der Waals surface area contributed by atoms with Gasteiger partial charge >= 0.3 is 5.97 Å². The molecule has 18 heavy (non-hydrogen) atoms. The van der Waals surface area contributed by atoms with E-state index >= 15 is 0 Å². The van der Waals surface area contributed by atoms with E-state index in [2.05, 4.69) is 10.6 Å². The van der Waals surface area contributed by atoms with Crippen LogP contribution >= 0.6 is 0 Å². The van der Waals surface area contributed by atoms with E-state index < -0.39 is 5.97 Å². The van der Waals surface area contributed by atoms with Crippen LogP contribution < -0.4 is 10.6 Å². The van der Waals surface area contributed by atoms with Crippen molar-refractivity contribution in [2.45, 2.75) is 58.5 Å². The predicted octanol–water partition coefficient (Wildman–Crippen LogP) is 1.13. The maximum atomic E-state index is 11.7. The highest BCUT2D eigenvalue weighted by atomic mass is 16.4. The second-order valence-corrected chi connectivity index (χ2v) is 6.06. The topological polar surface area (TPSA) is 78.4 Å². The Labute approximate surface area is 108 Å². The van der Waals surface area contributed by atoms with Crippen molar-refractivity contribution in [1.29, 1.82) is 0 Å². The molecule has 1 aliphatic rings.